The minimum absolute atomic E-state index is 0.331. The third-order valence-corrected chi connectivity index (χ3v) is 3.66. The maximum Gasteiger partial charge on any atom is 0.330 e. The van der Waals surface area contributed by atoms with Gasteiger partial charge >= 0.3 is 5.97 Å². The predicted octanol–water partition coefficient (Wildman–Crippen LogP) is 3.82. The molecule has 0 radical (unpaired) electrons. The lowest BCUT2D eigenvalue weighted by atomic mass is 10.1. The van der Waals surface area contributed by atoms with Crippen molar-refractivity contribution in [2.24, 2.45) is 0 Å². The highest BCUT2D eigenvalue weighted by molar-refractivity contribution is 5.93. The highest BCUT2D eigenvalue weighted by atomic mass is 16.5. The number of fused-ring (bicyclic) bond motifs is 1. The van der Waals surface area contributed by atoms with Crippen LogP contribution in [0.3, 0.4) is 0 Å². The molecule has 4 nitrogen and oxygen atoms in total. The Hall–Kier alpha value is -3.01. The van der Waals surface area contributed by atoms with E-state index in [0.717, 1.165) is 34.9 Å². The van der Waals surface area contributed by atoms with Gasteiger partial charge in [0.2, 0.25) is 0 Å². The molecule has 24 heavy (non-hydrogen) atoms. The zero-order valence-corrected chi connectivity index (χ0v) is 13.3. The van der Waals surface area contributed by atoms with Gasteiger partial charge in [0.25, 0.3) is 0 Å². The zero-order chi connectivity index (χ0) is 16.6. The van der Waals surface area contributed by atoms with Gasteiger partial charge in [-0.1, -0.05) is 24.3 Å². The second-order valence-electron chi connectivity index (χ2n) is 5.38. The SMILES string of the molecule is O=C(/C=C/c1ccnc2ccccc12)OCCCc1cccnc1. The highest BCUT2D eigenvalue weighted by Crippen LogP contribution is 2.17. The molecule has 3 aromatic rings. The largest absolute Gasteiger partial charge is 0.463 e. The maximum absolute atomic E-state index is 11.8. The summed E-state index contributed by atoms with van der Waals surface area (Å²) in [5, 5.41) is 1.01. The Morgan fingerprint density at radius 3 is 2.88 bits per heavy atom. The van der Waals surface area contributed by atoms with Crippen molar-refractivity contribution in [3.8, 4) is 0 Å². The molecule has 3 rings (SSSR count). The van der Waals surface area contributed by atoms with Crippen LogP contribution in [0.15, 0.2) is 67.1 Å². The van der Waals surface area contributed by atoms with Crippen molar-refractivity contribution < 1.29 is 9.53 Å². The van der Waals surface area contributed by atoms with Crippen LogP contribution in [0.25, 0.3) is 17.0 Å². The molecule has 4 heteroatoms. The normalized spacial score (nSPS) is 11.0. The van der Waals surface area contributed by atoms with Gasteiger partial charge in [0, 0.05) is 30.1 Å². The molecule has 0 N–H and O–H groups in total. The standard InChI is InChI=1S/C20H18N2O2/c23-20(24-14-4-6-16-5-3-12-21-15-16)10-9-17-11-13-22-19-8-2-1-7-18(17)19/h1-3,5,7-13,15H,4,6,14H2/b10-9+. The van der Waals surface area contributed by atoms with E-state index in [2.05, 4.69) is 9.97 Å². The number of para-hydroxylation sites is 1. The smallest absolute Gasteiger partial charge is 0.330 e. The van der Waals surface area contributed by atoms with E-state index in [-0.39, 0.29) is 5.97 Å². The number of aryl methyl sites for hydroxylation is 1. The fraction of sp³-hybridized carbons (Fsp3) is 0.150. The maximum atomic E-state index is 11.8. The lowest BCUT2D eigenvalue weighted by molar-refractivity contribution is -0.137. The van der Waals surface area contributed by atoms with Crippen molar-refractivity contribution in [2.75, 3.05) is 6.61 Å². The number of aromatic nitrogens is 2. The number of hydrogen-bond acceptors (Lipinski definition) is 4. The lowest BCUT2D eigenvalue weighted by Gasteiger charge is -2.03. The number of ether oxygens (including phenoxy) is 1. The summed E-state index contributed by atoms with van der Waals surface area (Å²) in [5.74, 6) is -0.331. The van der Waals surface area contributed by atoms with Crippen LogP contribution in [0.4, 0.5) is 0 Å². The van der Waals surface area contributed by atoms with Crippen molar-refractivity contribution >= 4 is 22.9 Å². The van der Waals surface area contributed by atoms with E-state index in [9.17, 15) is 4.79 Å². The number of nitrogens with zero attached hydrogens (tertiary/aromatic N) is 2. The van der Waals surface area contributed by atoms with E-state index in [1.54, 1.807) is 18.5 Å². The van der Waals surface area contributed by atoms with Crippen LogP contribution in [0.5, 0.6) is 0 Å². The first kappa shape index (κ1) is 15.9. The molecule has 0 aliphatic heterocycles. The van der Waals surface area contributed by atoms with Gasteiger partial charge in [-0.05, 0) is 48.2 Å². The first-order valence-corrected chi connectivity index (χ1v) is 7.90. The van der Waals surface area contributed by atoms with Crippen molar-refractivity contribution in [3.63, 3.8) is 0 Å². The molecular weight excluding hydrogens is 300 g/mol. The molecule has 0 aliphatic rings. The van der Waals surface area contributed by atoms with E-state index >= 15 is 0 Å². The number of hydrogen-bond donors (Lipinski definition) is 0. The first-order chi connectivity index (χ1) is 11.8. The molecule has 0 fully saturated rings. The Labute approximate surface area is 140 Å². The van der Waals surface area contributed by atoms with Crippen LogP contribution in [-0.2, 0) is 16.0 Å². The van der Waals surface area contributed by atoms with E-state index in [0.29, 0.717) is 6.61 Å². The molecule has 0 spiro atoms. The lowest BCUT2D eigenvalue weighted by Crippen LogP contribution is -2.03. The molecule has 0 saturated carbocycles. The van der Waals surface area contributed by atoms with Crippen LogP contribution < -0.4 is 0 Å². The molecule has 1 aromatic carbocycles. The van der Waals surface area contributed by atoms with E-state index < -0.39 is 0 Å². The third kappa shape index (κ3) is 4.26. The van der Waals surface area contributed by atoms with E-state index in [4.69, 9.17) is 4.74 Å². The van der Waals surface area contributed by atoms with Crippen molar-refractivity contribution in [1.29, 1.82) is 0 Å². The van der Waals surface area contributed by atoms with E-state index in [1.807, 2.05) is 48.7 Å². The van der Waals surface area contributed by atoms with Crippen LogP contribution in [0, 0.1) is 0 Å². The Bertz CT molecular complexity index is 839. The zero-order valence-electron chi connectivity index (χ0n) is 13.3. The molecule has 0 unspecified atom stereocenters. The number of carbonyl (C=O) groups excluding carboxylic acids is 1. The minimum Gasteiger partial charge on any atom is -0.463 e. The Balaban J connectivity index is 1.52. The number of benzene rings is 1. The van der Waals surface area contributed by atoms with Crippen molar-refractivity contribution in [3.05, 3.63) is 78.3 Å². The average Bonchev–Trinajstić information content (AvgIpc) is 2.64. The summed E-state index contributed by atoms with van der Waals surface area (Å²) in [6.45, 7) is 0.398. The van der Waals surface area contributed by atoms with Crippen LogP contribution in [0.1, 0.15) is 17.5 Å². The van der Waals surface area contributed by atoms with Gasteiger partial charge in [0.1, 0.15) is 0 Å². The van der Waals surface area contributed by atoms with Gasteiger partial charge in [-0.2, -0.15) is 0 Å². The summed E-state index contributed by atoms with van der Waals surface area (Å²) in [4.78, 5) is 20.2. The van der Waals surface area contributed by atoms with Crippen LogP contribution >= 0.6 is 0 Å². The second-order valence-corrected chi connectivity index (χ2v) is 5.38. The van der Waals surface area contributed by atoms with Crippen molar-refractivity contribution in [1.82, 2.24) is 9.97 Å². The predicted molar refractivity (Wildman–Crippen MR) is 94.3 cm³/mol. The topological polar surface area (TPSA) is 52.1 Å². The van der Waals surface area contributed by atoms with Gasteiger partial charge in [0.05, 0.1) is 12.1 Å². The minimum atomic E-state index is -0.331. The highest BCUT2D eigenvalue weighted by Gasteiger charge is 2.01. The van der Waals surface area contributed by atoms with E-state index in [1.165, 1.54) is 6.08 Å². The number of pyridine rings is 2. The molecular formula is C20H18N2O2. The molecule has 0 aliphatic carbocycles. The summed E-state index contributed by atoms with van der Waals surface area (Å²) in [6.07, 6.45) is 10.2. The average molecular weight is 318 g/mol. The molecule has 2 heterocycles. The Morgan fingerprint density at radius 2 is 2.00 bits per heavy atom. The molecule has 0 saturated heterocycles. The molecule has 0 amide bonds. The monoisotopic (exact) mass is 318 g/mol. The second kappa shape index (κ2) is 8.02. The number of carbonyl (C=O) groups is 1. The molecule has 2 aromatic heterocycles. The summed E-state index contributed by atoms with van der Waals surface area (Å²) < 4.78 is 5.24. The summed E-state index contributed by atoms with van der Waals surface area (Å²) >= 11 is 0. The van der Waals surface area contributed by atoms with Gasteiger partial charge in [-0.15, -0.1) is 0 Å². The van der Waals surface area contributed by atoms with Gasteiger partial charge < -0.3 is 4.74 Å². The molecule has 120 valence electrons. The fourth-order valence-electron chi connectivity index (χ4n) is 2.46. The summed E-state index contributed by atoms with van der Waals surface area (Å²) in [7, 11) is 0. The van der Waals surface area contributed by atoms with Crippen LogP contribution in [-0.4, -0.2) is 22.5 Å². The summed E-state index contributed by atoms with van der Waals surface area (Å²) in [6, 6.07) is 13.6. The van der Waals surface area contributed by atoms with Gasteiger partial charge in [-0.3, -0.25) is 9.97 Å². The Morgan fingerprint density at radius 1 is 1.08 bits per heavy atom. The quantitative estimate of drug-likeness (QED) is 0.394. The molecule has 0 bridgehead atoms. The van der Waals surface area contributed by atoms with Gasteiger partial charge in [0.15, 0.2) is 0 Å². The fourth-order valence-corrected chi connectivity index (χ4v) is 2.46. The summed E-state index contributed by atoms with van der Waals surface area (Å²) in [5.41, 5.74) is 3.00. The molecule has 0 atom stereocenters. The Kier molecular flexibility index (Phi) is 5.30. The third-order valence-electron chi connectivity index (χ3n) is 3.66. The van der Waals surface area contributed by atoms with Gasteiger partial charge in [-0.25, -0.2) is 4.79 Å². The number of rotatable bonds is 6. The number of esters is 1. The first-order valence-electron chi connectivity index (χ1n) is 7.90. The van der Waals surface area contributed by atoms with Crippen LogP contribution in [0.2, 0.25) is 0 Å². The van der Waals surface area contributed by atoms with Crippen molar-refractivity contribution in [2.45, 2.75) is 12.8 Å².